The third-order valence-corrected chi connectivity index (χ3v) is 7.55. The number of nitrogens with zero attached hydrogens (tertiary/aromatic N) is 1. The molecular formula is C26H15Cl2NO5. The fourth-order valence-corrected chi connectivity index (χ4v) is 5.63. The first kappa shape index (κ1) is 21.2. The highest BCUT2D eigenvalue weighted by Crippen LogP contribution is 2.57. The molecule has 2 fully saturated rings. The predicted octanol–water partition coefficient (Wildman–Crippen LogP) is 4.69. The Morgan fingerprint density at radius 2 is 1.35 bits per heavy atom. The lowest BCUT2D eigenvalue weighted by Crippen LogP contribution is -2.51. The highest BCUT2D eigenvalue weighted by molar-refractivity contribution is 6.42. The molecule has 3 aromatic rings. The first-order chi connectivity index (χ1) is 16.4. The van der Waals surface area contributed by atoms with Crippen molar-refractivity contribution in [1.82, 2.24) is 0 Å². The van der Waals surface area contributed by atoms with Gasteiger partial charge >= 0.3 is 0 Å². The van der Waals surface area contributed by atoms with Gasteiger partial charge in [0.25, 0.3) is 0 Å². The summed E-state index contributed by atoms with van der Waals surface area (Å²) in [5.74, 6) is -4.81. The maximum absolute atomic E-state index is 13.8. The molecule has 3 aliphatic rings. The minimum atomic E-state index is -2.10. The van der Waals surface area contributed by atoms with Gasteiger partial charge in [0.1, 0.15) is 0 Å². The van der Waals surface area contributed by atoms with Crippen LogP contribution in [0.2, 0.25) is 10.0 Å². The van der Waals surface area contributed by atoms with E-state index in [0.29, 0.717) is 5.56 Å². The number of carbonyl (C=O) groups is 4. The number of halogens is 2. The molecule has 3 atom stereocenters. The molecule has 0 saturated carbocycles. The highest BCUT2D eigenvalue weighted by Gasteiger charge is 2.74. The number of carbonyl (C=O) groups excluding carboxylic acids is 4. The van der Waals surface area contributed by atoms with Gasteiger partial charge in [-0.2, -0.15) is 0 Å². The molecule has 8 heteroatoms. The third-order valence-electron chi connectivity index (χ3n) is 6.81. The van der Waals surface area contributed by atoms with E-state index in [1.54, 1.807) is 42.5 Å². The molecule has 168 valence electrons. The zero-order valence-electron chi connectivity index (χ0n) is 17.4. The van der Waals surface area contributed by atoms with Gasteiger partial charge in [-0.1, -0.05) is 77.8 Å². The van der Waals surface area contributed by atoms with Crippen LogP contribution in [0.5, 0.6) is 0 Å². The van der Waals surface area contributed by atoms with Crippen molar-refractivity contribution >= 4 is 52.3 Å². The number of ether oxygens (including phenoxy) is 1. The number of ketones is 2. The molecule has 1 spiro atoms. The summed E-state index contributed by atoms with van der Waals surface area (Å²) < 4.78 is 6.22. The number of anilines is 1. The van der Waals surface area contributed by atoms with Gasteiger partial charge in [0, 0.05) is 11.1 Å². The average molecular weight is 492 g/mol. The normalized spacial score (nSPS) is 24.8. The van der Waals surface area contributed by atoms with Gasteiger partial charge in [0.05, 0.1) is 33.7 Å². The molecule has 1 aliphatic carbocycles. The van der Waals surface area contributed by atoms with E-state index >= 15 is 0 Å². The molecule has 0 radical (unpaired) electrons. The number of hydrogen-bond acceptors (Lipinski definition) is 5. The van der Waals surface area contributed by atoms with Crippen LogP contribution < -0.4 is 4.90 Å². The molecule has 2 aliphatic heterocycles. The van der Waals surface area contributed by atoms with Gasteiger partial charge in [-0.05, 0) is 23.8 Å². The predicted molar refractivity (Wildman–Crippen MR) is 124 cm³/mol. The minimum Gasteiger partial charge on any atom is -0.349 e. The summed E-state index contributed by atoms with van der Waals surface area (Å²) in [6.07, 6.45) is -0.961. The quantitative estimate of drug-likeness (QED) is 0.383. The molecule has 1 unspecified atom stereocenters. The molecule has 3 aromatic carbocycles. The monoisotopic (exact) mass is 491 g/mol. The Morgan fingerprint density at radius 3 is 1.97 bits per heavy atom. The zero-order chi connectivity index (χ0) is 23.8. The van der Waals surface area contributed by atoms with Crippen LogP contribution in [0.3, 0.4) is 0 Å². The van der Waals surface area contributed by atoms with E-state index in [9.17, 15) is 19.2 Å². The van der Waals surface area contributed by atoms with Crippen LogP contribution in [0.4, 0.5) is 5.69 Å². The van der Waals surface area contributed by atoms with Gasteiger partial charge < -0.3 is 4.74 Å². The van der Waals surface area contributed by atoms with E-state index in [4.69, 9.17) is 27.9 Å². The molecule has 6 rings (SSSR count). The summed E-state index contributed by atoms with van der Waals surface area (Å²) >= 11 is 12.2. The van der Waals surface area contributed by atoms with Crippen molar-refractivity contribution in [3.05, 3.63) is 99.5 Å². The summed E-state index contributed by atoms with van der Waals surface area (Å²) in [5.41, 5.74) is -0.910. The Morgan fingerprint density at radius 1 is 0.735 bits per heavy atom. The number of imide groups is 1. The Labute approximate surface area is 204 Å². The second-order valence-corrected chi connectivity index (χ2v) is 9.32. The zero-order valence-corrected chi connectivity index (χ0v) is 18.9. The van der Waals surface area contributed by atoms with Crippen LogP contribution in [-0.2, 0) is 14.3 Å². The summed E-state index contributed by atoms with van der Waals surface area (Å²) in [4.78, 5) is 55.9. The van der Waals surface area contributed by atoms with E-state index in [2.05, 4.69) is 0 Å². The van der Waals surface area contributed by atoms with E-state index in [1.807, 2.05) is 0 Å². The van der Waals surface area contributed by atoms with E-state index in [-0.39, 0.29) is 26.9 Å². The molecule has 2 amide bonds. The van der Waals surface area contributed by atoms with Crippen LogP contribution in [0.1, 0.15) is 32.4 Å². The number of Topliss-reactive ketones (excluding diaryl/α,β-unsaturated/α-hetero) is 2. The van der Waals surface area contributed by atoms with Crippen molar-refractivity contribution in [2.45, 2.75) is 11.7 Å². The lowest BCUT2D eigenvalue weighted by atomic mass is 9.77. The minimum absolute atomic E-state index is 0.169. The lowest BCUT2D eigenvalue weighted by Gasteiger charge is -2.27. The van der Waals surface area contributed by atoms with E-state index in [1.165, 1.54) is 30.3 Å². The molecule has 2 heterocycles. The Hall–Kier alpha value is -3.32. The fraction of sp³-hybridized carbons (Fsp3) is 0.154. The number of benzene rings is 3. The van der Waals surface area contributed by atoms with E-state index in [0.717, 1.165) is 4.90 Å². The lowest BCUT2D eigenvalue weighted by molar-refractivity contribution is -0.127. The van der Waals surface area contributed by atoms with Crippen LogP contribution >= 0.6 is 23.2 Å². The second-order valence-electron chi connectivity index (χ2n) is 8.50. The molecule has 6 nitrogen and oxygen atoms in total. The van der Waals surface area contributed by atoms with Gasteiger partial charge in [-0.3, -0.25) is 19.2 Å². The van der Waals surface area contributed by atoms with Crippen molar-refractivity contribution in [3.63, 3.8) is 0 Å². The van der Waals surface area contributed by atoms with Crippen molar-refractivity contribution in [3.8, 4) is 0 Å². The van der Waals surface area contributed by atoms with Crippen LogP contribution in [0, 0.1) is 11.8 Å². The first-order valence-electron chi connectivity index (χ1n) is 10.6. The van der Waals surface area contributed by atoms with Crippen LogP contribution in [-0.4, -0.2) is 29.0 Å². The summed E-state index contributed by atoms with van der Waals surface area (Å²) in [5, 5.41) is 0.436. The molecule has 0 bridgehead atoms. The Kier molecular flexibility index (Phi) is 4.58. The number of rotatable bonds is 2. The number of amides is 2. The Balaban J connectivity index is 1.55. The van der Waals surface area contributed by atoms with Crippen LogP contribution in [0.25, 0.3) is 0 Å². The maximum Gasteiger partial charge on any atom is 0.241 e. The summed E-state index contributed by atoms with van der Waals surface area (Å²) in [6.45, 7) is 0. The van der Waals surface area contributed by atoms with Crippen molar-refractivity contribution in [1.29, 1.82) is 0 Å². The molecule has 0 N–H and O–H groups in total. The van der Waals surface area contributed by atoms with Crippen LogP contribution in [0.15, 0.2) is 72.8 Å². The van der Waals surface area contributed by atoms with Crippen molar-refractivity contribution in [2.75, 3.05) is 4.90 Å². The fourth-order valence-electron chi connectivity index (χ4n) is 5.34. The summed E-state index contributed by atoms with van der Waals surface area (Å²) in [6, 6.07) is 19.6. The van der Waals surface area contributed by atoms with Crippen molar-refractivity contribution in [2.24, 2.45) is 11.8 Å². The third kappa shape index (κ3) is 2.61. The number of hydrogen-bond donors (Lipinski definition) is 0. The molecule has 34 heavy (non-hydrogen) atoms. The Bertz CT molecular complexity index is 1380. The molecular weight excluding hydrogens is 477 g/mol. The van der Waals surface area contributed by atoms with Gasteiger partial charge in [0.2, 0.25) is 29.0 Å². The number of fused-ring (bicyclic) bond motifs is 3. The largest absolute Gasteiger partial charge is 0.349 e. The standard InChI is InChI=1S/C26H15Cl2NO5/c27-17-11-10-14(12-18(17)28)29-24(32)19-20(25(29)33)26(34-21(19)13-6-2-1-3-7-13)22(30)15-8-4-5-9-16(15)23(26)31/h1-12,19-21H/t19-,20-,21?/m0/s1. The SMILES string of the molecule is O=C1[C@@H]2C(c3ccccc3)OC3(C(=O)c4ccccc4C3=O)[C@@H]2C(=O)N1c1ccc(Cl)c(Cl)c1. The average Bonchev–Trinajstić information content (AvgIpc) is 3.42. The van der Waals surface area contributed by atoms with E-state index < -0.39 is 46.9 Å². The molecule has 2 saturated heterocycles. The summed E-state index contributed by atoms with van der Waals surface area (Å²) in [7, 11) is 0. The second kappa shape index (κ2) is 7.34. The van der Waals surface area contributed by atoms with Gasteiger partial charge in [0.15, 0.2) is 0 Å². The first-order valence-corrected chi connectivity index (χ1v) is 11.4. The highest BCUT2D eigenvalue weighted by atomic mass is 35.5. The van der Waals surface area contributed by atoms with Gasteiger partial charge in [-0.15, -0.1) is 0 Å². The molecule has 0 aromatic heterocycles. The topological polar surface area (TPSA) is 80.8 Å². The van der Waals surface area contributed by atoms with Gasteiger partial charge in [-0.25, -0.2) is 4.90 Å². The smallest absolute Gasteiger partial charge is 0.241 e. The van der Waals surface area contributed by atoms with Crippen molar-refractivity contribution < 1.29 is 23.9 Å². The maximum atomic E-state index is 13.8.